The molecule has 0 aliphatic rings. The Kier molecular flexibility index (Phi) is 4.40. The van der Waals surface area contributed by atoms with Gasteiger partial charge in [0.05, 0.1) is 10.7 Å². The van der Waals surface area contributed by atoms with Crippen molar-refractivity contribution in [1.82, 2.24) is 0 Å². The van der Waals surface area contributed by atoms with E-state index in [2.05, 4.69) is 15.9 Å². The predicted molar refractivity (Wildman–Crippen MR) is 80.7 cm³/mol. The fourth-order valence-corrected chi connectivity index (χ4v) is 3.37. The fourth-order valence-electron chi connectivity index (χ4n) is 1.55. The van der Waals surface area contributed by atoms with Gasteiger partial charge < -0.3 is 5.73 Å². The van der Waals surface area contributed by atoms with Gasteiger partial charge >= 0.3 is 0 Å². The molecule has 2 aromatic rings. The molecule has 0 aromatic heterocycles. The second-order valence-electron chi connectivity index (χ2n) is 4.04. The average Bonchev–Trinajstić information content (AvgIpc) is 2.37. The molecule has 0 atom stereocenters. The number of anilines is 2. The first-order chi connectivity index (χ1) is 9.70. The first kappa shape index (κ1) is 16.0. The van der Waals surface area contributed by atoms with Crippen molar-refractivity contribution in [3.05, 3.63) is 51.5 Å². The molecule has 3 N–H and O–H groups in total. The molecule has 4 nitrogen and oxygen atoms in total. The number of hydrogen-bond acceptors (Lipinski definition) is 3. The zero-order valence-electron chi connectivity index (χ0n) is 10.2. The van der Waals surface area contributed by atoms with E-state index < -0.39 is 31.6 Å². The van der Waals surface area contributed by atoms with E-state index in [1.807, 2.05) is 4.72 Å². The lowest BCUT2D eigenvalue weighted by atomic mass is 10.3. The number of sulfonamides is 1. The molecule has 0 aliphatic heterocycles. The number of nitrogens with one attached hydrogen (secondary N) is 1. The van der Waals surface area contributed by atoms with E-state index in [9.17, 15) is 17.2 Å². The molecule has 0 bridgehead atoms. The number of halogens is 4. The van der Waals surface area contributed by atoms with Crippen molar-refractivity contribution in [1.29, 1.82) is 0 Å². The molecule has 0 unspecified atom stereocenters. The number of nitrogens with two attached hydrogens (primary N) is 1. The van der Waals surface area contributed by atoms with Gasteiger partial charge in [0.25, 0.3) is 10.0 Å². The Balaban J connectivity index is 2.48. The van der Waals surface area contributed by atoms with Crippen LogP contribution < -0.4 is 10.5 Å². The van der Waals surface area contributed by atoms with Gasteiger partial charge in [-0.3, -0.25) is 4.72 Å². The molecule has 0 fully saturated rings. The monoisotopic (exact) mass is 396 g/mol. The van der Waals surface area contributed by atoms with E-state index in [1.54, 1.807) is 0 Å². The van der Waals surface area contributed by atoms with Crippen LogP contribution in [-0.4, -0.2) is 8.42 Å². The molecule has 112 valence electrons. The number of hydrogen-bond donors (Lipinski definition) is 2. The van der Waals surface area contributed by atoms with Crippen LogP contribution in [0.5, 0.6) is 0 Å². The molecule has 9 heteroatoms. The van der Waals surface area contributed by atoms with Crippen molar-refractivity contribution in [3.8, 4) is 0 Å². The van der Waals surface area contributed by atoms with Crippen molar-refractivity contribution in [2.24, 2.45) is 0 Å². The minimum atomic E-state index is -4.37. The smallest absolute Gasteiger partial charge is 0.265 e. The van der Waals surface area contributed by atoms with Crippen LogP contribution in [0.2, 0.25) is 5.02 Å². The first-order valence-electron chi connectivity index (χ1n) is 5.43. The van der Waals surface area contributed by atoms with Crippen molar-refractivity contribution in [3.63, 3.8) is 0 Å². The highest BCUT2D eigenvalue weighted by Gasteiger charge is 2.23. The Bertz CT molecular complexity index is 815. The third-order valence-electron chi connectivity index (χ3n) is 2.48. The van der Waals surface area contributed by atoms with Gasteiger partial charge in [-0.15, -0.1) is 0 Å². The van der Waals surface area contributed by atoms with Gasteiger partial charge in [-0.1, -0.05) is 27.5 Å². The van der Waals surface area contributed by atoms with Gasteiger partial charge in [0.1, 0.15) is 10.7 Å². The standard InChI is InChI=1S/C12H8BrClF2N2O2S/c13-6-1-2-10(9(15)3-6)18-21(19,20)11-5-7(17)4-8(14)12(11)16/h1-5,18H,17H2. The number of nitrogen functional groups attached to an aromatic ring is 1. The molecular weight excluding hydrogens is 390 g/mol. The second-order valence-corrected chi connectivity index (χ2v) is 7.02. The lowest BCUT2D eigenvalue weighted by Crippen LogP contribution is -2.16. The summed E-state index contributed by atoms with van der Waals surface area (Å²) in [4.78, 5) is -0.755. The Morgan fingerprint density at radius 3 is 2.48 bits per heavy atom. The molecule has 0 radical (unpaired) electrons. The Morgan fingerprint density at radius 2 is 1.86 bits per heavy atom. The fraction of sp³-hybridized carbons (Fsp3) is 0. The lowest BCUT2D eigenvalue weighted by molar-refractivity contribution is 0.570. The normalized spacial score (nSPS) is 11.4. The van der Waals surface area contributed by atoms with Crippen LogP contribution in [0.15, 0.2) is 39.7 Å². The molecule has 2 rings (SSSR count). The average molecular weight is 398 g/mol. The van der Waals surface area contributed by atoms with Crippen LogP contribution in [0.1, 0.15) is 0 Å². The van der Waals surface area contributed by atoms with Crippen molar-refractivity contribution in [2.45, 2.75) is 4.90 Å². The zero-order chi connectivity index (χ0) is 15.8. The topological polar surface area (TPSA) is 72.2 Å². The molecule has 0 aliphatic carbocycles. The van der Waals surface area contributed by atoms with Gasteiger partial charge in [-0.05, 0) is 30.3 Å². The van der Waals surface area contributed by atoms with Crippen molar-refractivity contribution >= 4 is 48.9 Å². The summed E-state index contributed by atoms with van der Waals surface area (Å²) < 4.78 is 54.1. The number of rotatable bonds is 3. The molecule has 21 heavy (non-hydrogen) atoms. The van der Waals surface area contributed by atoms with E-state index in [0.29, 0.717) is 4.47 Å². The van der Waals surface area contributed by atoms with Crippen LogP contribution in [0, 0.1) is 11.6 Å². The summed E-state index contributed by atoms with van der Waals surface area (Å²) in [6.07, 6.45) is 0. The molecule has 0 heterocycles. The second kappa shape index (κ2) is 5.78. The summed E-state index contributed by atoms with van der Waals surface area (Å²) in [7, 11) is -4.37. The van der Waals surface area contributed by atoms with E-state index in [4.69, 9.17) is 17.3 Å². The van der Waals surface area contributed by atoms with Crippen LogP contribution in [0.4, 0.5) is 20.2 Å². The Morgan fingerprint density at radius 1 is 1.19 bits per heavy atom. The molecular formula is C12H8BrClF2N2O2S. The van der Waals surface area contributed by atoms with Gasteiger partial charge in [-0.2, -0.15) is 0 Å². The molecule has 0 spiro atoms. The van der Waals surface area contributed by atoms with Crippen molar-refractivity contribution in [2.75, 3.05) is 10.5 Å². The third kappa shape index (κ3) is 3.45. The van der Waals surface area contributed by atoms with Gasteiger partial charge in [0.2, 0.25) is 0 Å². The minimum Gasteiger partial charge on any atom is -0.399 e. The lowest BCUT2D eigenvalue weighted by Gasteiger charge is -2.11. The quantitative estimate of drug-likeness (QED) is 0.775. The van der Waals surface area contributed by atoms with Gasteiger partial charge in [0, 0.05) is 10.2 Å². The molecule has 0 amide bonds. The maximum Gasteiger partial charge on any atom is 0.265 e. The summed E-state index contributed by atoms with van der Waals surface area (Å²) in [6.45, 7) is 0. The van der Waals surface area contributed by atoms with Gasteiger partial charge in [-0.25, -0.2) is 17.2 Å². The van der Waals surface area contributed by atoms with Crippen LogP contribution in [0.25, 0.3) is 0 Å². The highest BCUT2D eigenvalue weighted by molar-refractivity contribution is 9.10. The van der Waals surface area contributed by atoms with E-state index in [0.717, 1.165) is 18.2 Å². The van der Waals surface area contributed by atoms with Crippen LogP contribution in [0.3, 0.4) is 0 Å². The maximum atomic E-state index is 13.8. The summed E-state index contributed by atoms with van der Waals surface area (Å²) in [5, 5.41) is -0.438. The number of benzene rings is 2. The summed E-state index contributed by atoms with van der Waals surface area (Å²) in [5.41, 5.74) is 5.09. The maximum absolute atomic E-state index is 13.8. The summed E-state index contributed by atoms with van der Waals surface area (Å²) in [6, 6.07) is 5.68. The zero-order valence-corrected chi connectivity index (χ0v) is 13.4. The van der Waals surface area contributed by atoms with E-state index in [-0.39, 0.29) is 11.4 Å². The highest BCUT2D eigenvalue weighted by Crippen LogP contribution is 2.28. The summed E-state index contributed by atoms with van der Waals surface area (Å²) >= 11 is 8.59. The Labute approximate surface area is 133 Å². The van der Waals surface area contributed by atoms with Crippen molar-refractivity contribution < 1.29 is 17.2 Å². The SMILES string of the molecule is Nc1cc(Cl)c(F)c(S(=O)(=O)Nc2ccc(Br)cc2F)c1. The van der Waals surface area contributed by atoms with E-state index in [1.165, 1.54) is 12.1 Å². The predicted octanol–water partition coefficient (Wildman–Crippen LogP) is 3.76. The van der Waals surface area contributed by atoms with Gasteiger partial charge in [0.15, 0.2) is 5.82 Å². The van der Waals surface area contributed by atoms with Crippen LogP contribution >= 0.6 is 27.5 Å². The summed E-state index contributed by atoms with van der Waals surface area (Å²) in [5.74, 6) is -1.97. The molecule has 0 saturated carbocycles. The van der Waals surface area contributed by atoms with Crippen LogP contribution in [-0.2, 0) is 10.0 Å². The minimum absolute atomic E-state index is 0.0296. The molecule has 2 aromatic carbocycles. The third-order valence-corrected chi connectivity index (χ3v) is 4.62. The van der Waals surface area contributed by atoms with E-state index >= 15 is 0 Å². The largest absolute Gasteiger partial charge is 0.399 e. The molecule has 0 saturated heterocycles. The highest BCUT2D eigenvalue weighted by atomic mass is 79.9. The first-order valence-corrected chi connectivity index (χ1v) is 8.08. The Hall–Kier alpha value is -1.38.